The highest BCUT2D eigenvalue weighted by Gasteiger charge is 2.08. The molecule has 0 spiro atoms. The fourth-order valence-corrected chi connectivity index (χ4v) is 1.88. The zero-order chi connectivity index (χ0) is 13.2. The summed E-state index contributed by atoms with van der Waals surface area (Å²) in [6, 6.07) is 1.83. The lowest BCUT2D eigenvalue weighted by molar-refractivity contribution is 0.276. The van der Waals surface area contributed by atoms with E-state index in [1.165, 1.54) is 6.33 Å². The Balaban J connectivity index is 1.97. The van der Waals surface area contributed by atoms with Crippen LogP contribution in [0.2, 0.25) is 0 Å². The van der Waals surface area contributed by atoms with Crippen LogP contribution >= 0.6 is 0 Å². The van der Waals surface area contributed by atoms with Crippen LogP contribution in [0.3, 0.4) is 0 Å². The van der Waals surface area contributed by atoms with Crippen molar-refractivity contribution >= 4 is 22.8 Å². The molecule has 4 N–H and O–H groups in total. The first-order valence-corrected chi connectivity index (χ1v) is 5.76. The molecule has 3 heterocycles. The molecular weight excluding hydrogens is 246 g/mol. The van der Waals surface area contributed by atoms with Gasteiger partial charge in [0.2, 0.25) is 5.95 Å². The molecule has 0 amide bonds. The minimum absolute atomic E-state index is 0.0482. The summed E-state index contributed by atoms with van der Waals surface area (Å²) in [5.41, 5.74) is 9.55. The number of fused-ring (bicyclic) bond motifs is 1. The van der Waals surface area contributed by atoms with Gasteiger partial charge in [-0.05, 0) is 6.07 Å². The van der Waals surface area contributed by atoms with Crippen molar-refractivity contribution in [2.75, 3.05) is 17.8 Å². The molecule has 0 aliphatic heterocycles. The summed E-state index contributed by atoms with van der Waals surface area (Å²) in [6.07, 6.45) is 6.66. The van der Waals surface area contributed by atoms with Gasteiger partial charge in [-0.25, -0.2) is 19.6 Å². The molecule has 0 aliphatic rings. The van der Waals surface area contributed by atoms with Gasteiger partial charge in [-0.1, -0.05) is 0 Å². The highest BCUT2D eigenvalue weighted by Crippen LogP contribution is 2.17. The quantitative estimate of drug-likeness (QED) is 0.612. The molecule has 8 nitrogen and oxygen atoms in total. The van der Waals surface area contributed by atoms with Crippen LogP contribution < -0.4 is 11.2 Å². The summed E-state index contributed by atoms with van der Waals surface area (Å²) in [5, 5.41) is 9.75. The predicted molar refractivity (Wildman–Crippen MR) is 70.3 cm³/mol. The van der Waals surface area contributed by atoms with Gasteiger partial charge < -0.3 is 15.4 Å². The van der Waals surface area contributed by atoms with E-state index in [-0.39, 0.29) is 6.61 Å². The maximum Gasteiger partial charge on any atom is 0.222 e. The molecule has 3 aromatic heterocycles. The third kappa shape index (κ3) is 1.97. The van der Waals surface area contributed by atoms with Gasteiger partial charge in [0.15, 0.2) is 5.65 Å². The summed E-state index contributed by atoms with van der Waals surface area (Å²) in [4.78, 5) is 12.3. The van der Waals surface area contributed by atoms with E-state index < -0.39 is 0 Å². The van der Waals surface area contributed by atoms with E-state index in [1.54, 1.807) is 27.8 Å². The lowest BCUT2D eigenvalue weighted by atomic mass is 10.4. The molecule has 0 unspecified atom stereocenters. The molecule has 0 aromatic carbocycles. The monoisotopic (exact) mass is 259 g/mol. The largest absolute Gasteiger partial charge is 0.395 e. The number of aliphatic hydroxyl groups is 1. The summed E-state index contributed by atoms with van der Waals surface area (Å²) in [7, 11) is 0. The van der Waals surface area contributed by atoms with Crippen LogP contribution in [-0.2, 0) is 6.54 Å². The number of hydrogen-bond donors (Lipinski definition) is 3. The minimum atomic E-state index is 0.0482. The standard InChI is InChI=1S/C11H13N7O/c12-9-8-1-3-18(10(8)15-7-14-9)16-11-13-2-4-17(11)5-6-19/h1-4,7,19H,5-6H2,(H,13,16)(H2,12,14,15). The topological polar surface area (TPSA) is 107 Å². The Morgan fingerprint density at radius 2 is 2.16 bits per heavy atom. The Bertz CT molecular complexity index is 702. The minimum Gasteiger partial charge on any atom is -0.395 e. The molecule has 0 saturated carbocycles. The van der Waals surface area contributed by atoms with Gasteiger partial charge in [0.1, 0.15) is 12.1 Å². The van der Waals surface area contributed by atoms with Crippen LogP contribution in [0, 0.1) is 0 Å². The number of hydrogen-bond acceptors (Lipinski definition) is 6. The Morgan fingerprint density at radius 3 is 3.00 bits per heavy atom. The van der Waals surface area contributed by atoms with E-state index in [0.717, 1.165) is 5.39 Å². The van der Waals surface area contributed by atoms with E-state index in [2.05, 4.69) is 20.4 Å². The molecule has 3 rings (SSSR count). The number of aromatic nitrogens is 5. The van der Waals surface area contributed by atoms with Crippen molar-refractivity contribution in [1.29, 1.82) is 0 Å². The average molecular weight is 259 g/mol. The number of aliphatic hydroxyl groups excluding tert-OH is 1. The molecule has 0 radical (unpaired) electrons. The highest BCUT2D eigenvalue weighted by molar-refractivity contribution is 5.86. The molecular formula is C11H13N7O. The van der Waals surface area contributed by atoms with Crippen molar-refractivity contribution in [2.45, 2.75) is 6.54 Å². The van der Waals surface area contributed by atoms with Crippen molar-refractivity contribution in [3.63, 3.8) is 0 Å². The number of nitrogens with zero attached hydrogens (tertiary/aromatic N) is 5. The SMILES string of the molecule is Nc1ncnc2c1ccn2Nc1nccn1CCO. The molecule has 3 aromatic rings. The molecule has 0 saturated heterocycles. The second kappa shape index (κ2) is 4.58. The Morgan fingerprint density at radius 1 is 1.26 bits per heavy atom. The Labute approximate surface area is 108 Å². The van der Waals surface area contributed by atoms with Crippen LogP contribution in [-0.4, -0.2) is 35.9 Å². The van der Waals surface area contributed by atoms with Crippen LogP contribution in [0.1, 0.15) is 0 Å². The van der Waals surface area contributed by atoms with Gasteiger partial charge in [0, 0.05) is 25.1 Å². The number of imidazole rings is 1. The number of nitrogen functional groups attached to an aromatic ring is 1. The van der Waals surface area contributed by atoms with Crippen LogP contribution in [0.4, 0.5) is 11.8 Å². The number of nitrogens with one attached hydrogen (secondary N) is 1. The third-order valence-corrected chi connectivity index (χ3v) is 2.79. The molecule has 98 valence electrons. The second-order valence-electron chi connectivity index (χ2n) is 3.96. The van der Waals surface area contributed by atoms with E-state index in [4.69, 9.17) is 10.8 Å². The number of nitrogens with two attached hydrogens (primary N) is 1. The number of rotatable bonds is 4. The summed E-state index contributed by atoms with van der Waals surface area (Å²) in [5.74, 6) is 1.05. The highest BCUT2D eigenvalue weighted by atomic mass is 16.3. The van der Waals surface area contributed by atoms with E-state index in [0.29, 0.717) is 24.0 Å². The molecule has 0 bridgehead atoms. The Kier molecular flexibility index (Phi) is 2.76. The smallest absolute Gasteiger partial charge is 0.222 e. The fourth-order valence-electron chi connectivity index (χ4n) is 1.88. The van der Waals surface area contributed by atoms with Crippen molar-refractivity contribution in [1.82, 2.24) is 24.2 Å². The van der Waals surface area contributed by atoms with Crippen LogP contribution in [0.5, 0.6) is 0 Å². The first-order valence-electron chi connectivity index (χ1n) is 5.76. The van der Waals surface area contributed by atoms with Gasteiger partial charge in [-0.3, -0.25) is 5.43 Å². The zero-order valence-corrected chi connectivity index (χ0v) is 10.1. The van der Waals surface area contributed by atoms with Gasteiger partial charge >= 0.3 is 0 Å². The molecule has 19 heavy (non-hydrogen) atoms. The summed E-state index contributed by atoms with van der Waals surface area (Å²) < 4.78 is 3.51. The molecule has 8 heteroatoms. The first-order chi connectivity index (χ1) is 9.29. The predicted octanol–water partition coefficient (Wildman–Crippen LogP) is 0.0775. The average Bonchev–Trinajstić information content (AvgIpc) is 3.00. The van der Waals surface area contributed by atoms with E-state index >= 15 is 0 Å². The fraction of sp³-hybridized carbons (Fsp3) is 0.182. The maximum absolute atomic E-state index is 8.98. The Hall–Kier alpha value is -2.61. The van der Waals surface area contributed by atoms with Crippen molar-refractivity contribution in [3.8, 4) is 0 Å². The van der Waals surface area contributed by atoms with Crippen molar-refractivity contribution in [2.24, 2.45) is 0 Å². The summed E-state index contributed by atoms with van der Waals surface area (Å²) in [6.45, 7) is 0.519. The second-order valence-corrected chi connectivity index (χ2v) is 3.96. The van der Waals surface area contributed by atoms with Crippen LogP contribution in [0.15, 0.2) is 31.0 Å². The lowest BCUT2D eigenvalue weighted by Gasteiger charge is -2.10. The zero-order valence-electron chi connectivity index (χ0n) is 10.1. The van der Waals surface area contributed by atoms with Gasteiger partial charge in [0.25, 0.3) is 0 Å². The van der Waals surface area contributed by atoms with Crippen molar-refractivity contribution in [3.05, 3.63) is 31.0 Å². The van der Waals surface area contributed by atoms with Crippen molar-refractivity contribution < 1.29 is 5.11 Å². The lowest BCUT2D eigenvalue weighted by Crippen LogP contribution is -2.14. The van der Waals surface area contributed by atoms with E-state index in [9.17, 15) is 0 Å². The molecule has 0 aliphatic carbocycles. The summed E-state index contributed by atoms with van der Waals surface area (Å²) >= 11 is 0. The van der Waals surface area contributed by atoms with Crippen LogP contribution in [0.25, 0.3) is 11.0 Å². The van der Waals surface area contributed by atoms with Gasteiger partial charge in [-0.15, -0.1) is 0 Å². The van der Waals surface area contributed by atoms with Gasteiger partial charge in [0.05, 0.1) is 12.0 Å². The molecule has 0 atom stereocenters. The first kappa shape index (κ1) is 11.5. The van der Waals surface area contributed by atoms with Gasteiger partial charge in [-0.2, -0.15) is 0 Å². The normalized spacial score (nSPS) is 11.0. The molecule has 0 fully saturated rings. The third-order valence-electron chi connectivity index (χ3n) is 2.79. The maximum atomic E-state index is 8.98. The number of anilines is 2. The van der Waals surface area contributed by atoms with E-state index in [1.807, 2.05) is 6.07 Å².